The summed E-state index contributed by atoms with van der Waals surface area (Å²) < 4.78 is 0. The summed E-state index contributed by atoms with van der Waals surface area (Å²) in [7, 11) is -2.83. The number of allylic oxidation sites excluding steroid dienone is 4. The second kappa shape index (κ2) is 32.1. The largest absolute Gasteiger partial charge is 0.179 e. The van der Waals surface area contributed by atoms with Crippen LogP contribution in [0.15, 0.2) is 77.5 Å². The molecule has 0 aromatic heterocycles. The molecule has 0 nitrogen and oxygen atoms in total. The van der Waals surface area contributed by atoms with Crippen LogP contribution in [0, 0.1) is 0 Å². The summed E-state index contributed by atoms with van der Waals surface area (Å²) in [5.41, 5.74) is 11.3. The topological polar surface area (TPSA) is 0 Å². The van der Waals surface area contributed by atoms with Crippen molar-refractivity contribution in [2.75, 3.05) is 0 Å². The molecule has 0 unspecified atom stereocenters. The number of aryl methyl sites for hydroxylation is 6. The molecule has 0 amide bonds. The van der Waals surface area contributed by atoms with Crippen LogP contribution >= 0.6 is 0 Å². The lowest BCUT2D eigenvalue weighted by Gasteiger charge is -2.38. The van der Waals surface area contributed by atoms with Crippen LogP contribution in [-0.2, 0) is 38.5 Å². The molecule has 64 heavy (non-hydrogen) atoms. The van der Waals surface area contributed by atoms with Gasteiger partial charge in [-0.15, -0.1) is 0 Å². The quantitative estimate of drug-likeness (QED) is 0.0307. The molecule has 0 fully saturated rings. The van der Waals surface area contributed by atoms with Gasteiger partial charge < -0.3 is 0 Å². The van der Waals surface area contributed by atoms with E-state index in [4.69, 9.17) is 0 Å². The second-order valence-electron chi connectivity index (χ2n) is 20.4. The van der Waals surface area contributed by atoms with Crippen LogP contribution in [0.3, 0.4) is 0 Å². The third-order valence-corrected chi connectivity index (χ3v) is 19.4. The van der Waals surface area contributed by atoms with Gasteiger partial charge in [-0.25, -0.2) is 0 Å². The summed E-state index contributed by atoms with van der Waals surface area (Å²) in [6, 6.07) is 24.9. The Morgan fingerprint density at radius 3 is 0.797 bits per heavy atom. The van der Waals surface area contributed by atoms with Crippen LogP contribution in [0.2, 0.25) is 0 Å². The fourth-order valence-electron chi connectivity index (χ4n) is 10.9. The Bertz CT molecular complexity index is 1510. The van der Waals surface area contributed by atoms with Crippen LogP contribution in [0.1, 0.15) is 262 Å². The molecule has 0 bridgehead atoms. The molecule has 0 heterocycles. The van der Waals surface area contributed by atoms with E-state index in [1.165, 1.54) is 212 Å². The summed E-state index contributed by atoms with van der Waals surface area (Å²) in [5, 5.41) is 6.84. The molecule has 0 aliphatic heterocycles. The van der Waals surface area contributed by atoms with Crippen molar-refractivity contribution in [2.45, 2.75) is 267 Å². The molecule has 0 saturated carbocycles. The molecule has 1 aliphatic carbocycles. The van der Waals surface area contributed by atoms with Gasteiger partial charge in [0.2, 0.25) is 0 Å². The number of unbranched alkanes of at least 4 members (excludes halogenated alkanes) is 19. The van der Waals surface area contributed by atoms with Gasteiger partial charge in [-0.3, -0.25) is 0 Å². The van der Waals surface area contributed by atoms with Crippen LogP contribution in [-0.4, -0.2) is 8.07 Å². The minimum Gasteiger partial charge on any atom is -0.0801 e. The van der Waals surface area contributed by atoms with Gasteiger partial charge in [0.1, 0.15) is 0 Å². The van der Waals surface area contributed by atoms with E-state index in [1.54, 1.807) is 59.7 Å². The number of hydrogen-bond donors (Lipinski definition) is 0. The average molecular weight is 886 g/mol. The van der Waals surface area contributed by atoms with E-state index in [9.17, 15) is 0 Å². The normalized spacial score (nSPS) is 12.9. The second-order valence-corrected chi connectivity index (χ2v) is 24.2. The number of benzene rings is 3. The average Bonchev–Trinajstić information content (AvgIpc) is 3.78. The van der Waals surface area contributed by atoms with Gasteiger partial charge in [-0.2, -0.15) is 0 Å². The van der Waals surface area contributed by atoms with Gasteiger partial charge in [0.05, 0.1) is 0 Å². The van der Waals surface area contributed by atoms with E-state index < -0.39 is 8.07 Å². The fraction of sp³-hybridized carbons (Fsp3) is 0.651. The van der Waals surface area contributed by atoms with E-state index in [0.717, 1.165) is 6.42 Å². The third kappa shape index (κ3) is 17.5. The Balaban J connectivity index is 2.15. The van der Waals surface area contributed by atoms with Gasteiger partial charge in [-0.1, -0.05) is 243 Å². The Hall–Kier alpha value is -2.64. The standard InChI is InChI=1S/C63H100Si/c1-8-15-22-28-35-53-44-54(36-29-23-16-9-2)48-60(47-53)64(63-43-34-42-59(63)41-21-14-7,61-49-55(37-30-24-17-10-3)45-56(50-61)38-31-25-18-11-4)62-51-57(39-32-26-19-12-5)46-58(52-62)40-33-27-20-13-6/h42-52H,8-41H2,1-7H3. The predicted molar refractivity (Wildman–Crippen MR) is 291 cm³/mol. The highest BCUT2D eigenvalue weighted by atomic mass is 28.3. The molecule has 0 saturated heterocycles. The monoisotopic (exact) mass is 885 g/mol. The van der Waals surface area contributed by atoms with Gasteiger partial charge in [0.15, 0.2) is 8.07 Å². The minimum absolute atomic E-state index is 1.09. The molecule has 356 valence electrons. The molecule has 0 atom stereocenters. The van der Waals surface area contributed by atoms with Crippen LogP contribution in [0.25, 0.3) is 0 Å². The smallest absolute Gasteiger partial charge is 0.0801 e. The molecule has 0 N–H and O–H groups in total. The number of rotatable bonds is 37. The highest BCUT2D eigenvalue weighted by molar-refractivity contribution is 7.16. The van der Waals surface area contributed by atoms with Crippen LogP contribution in [0.4, 0.5) is 0 Å². The summed E-state index contributed by atoms with van der Waals surface area (Å²) >= 11 is 0. The maximum Gasteiger partial charge on any atom is 0.179 e. The molecule has 3 aromatic carbocycles. The molecule has 1 aliphatic rings. The van der Waals surface area contributed by atoms with Crippen molar-refractivity contribution in [2.24, 2.45) is 0 Å². The van der Waals surface area contributed by atoms with Gasteiger partial charge in [0.25, 0.3) is 0 Å². The van der Waals surface area contributed by atoms with Crippen molar-refractivity contribution in [1.29, 1.82) is 0 Å². The van der Waals surface area contributed by atoms with Gasteiger partial charge in [0, 0.05) is 0 Å². The molecule has 0 radical (unpaired) electrons. The van der Waals surface area contributed by atoms with E-state index in [-0.39, 0.29) is 0 Å². The van der Waals surface area contributed by atoms with Crippen molar-refractivity contribution in [1.82, 2.24) is 0 Å². The van der Waals surface area contributed by atoms with Crippen LogP contribution in [0.5, 0.6) is 0 Å². The summed E-state index contributed by atoms with van der Waals surface area (Å²) in [6.45, 7) is 16.6. The first-order valence-electron chi connectivity index (χ1n) is 28.3. The van der Waals surface area contributed by atoms with E-state index in [2.05, 4.69) is 115 Å². The summed E-state index contributed by atoms with van der Waals surface area (Å²) in [4.78, 5) is 0. The molecule has 0 spiro atoms. The van der Waals surface area contributed by atoms with E-state index >= 15 is 0 Å². The lowest BCUT2D eigenvalue weighted by Crippen LogP contribution is -2.69. The highest BCUT2D eigenvalue weighted by Crippen LogP contribution is 2.34. The minimum atomic E-state index is -2.83. The Morgan fingerprint density at radius 2 is 0.547 bits per heavy atom. The SMILES string of the molecule is CCCCCCc1cc(CCCCCC)cc([Si](C2=CCC=C2CCCC)(c2cc(CCCCCC)cc(CCCCCC)c2)c2cc(CCCCCC)cc(CCCCCC)c2)c1. The lowest BCUT2D eigenvalue weighted by atomic mass is 10.00. The Labute approximate surface area is 399 Å². The molecule has 3 aromatic rings. The zero-order valence-electron chi connectivity index (χ0n) is 43.4. The molecular formula is C63H100Si. The first-order valence-corrected chi connectivity index (χ1v) is 30.3. The first-order chi connectivity index (χ1) is 31.5. The van der Waals surface area contributed by atoms with Gasteiger partial charge in [-0.05, 0) is 150 Å². The zero-order chi connectivity index (χ0) is 45.7. The molecule has 1 heteroatoms. The van der Waals surface area contributed by atoms with Crippen molar-refractivity contribution in [3.8, 4) is 0 Å². The Morgan fingerprint density at radius 1 is 0.281 bits per heavy atom. The number of hydrogen-bond acceptors (Lipinski definition) is 0. The maximum absolute atomic E-state index is 2.83. The van der Waals surface area contributed by atoms with E-state index in [0.29, 0.717) is 0 Å². The van der Waals surface area contributed by atoms with Crippen molar-refractivity contribution in [3.05, 3.63) is 111 Å². The van der Waals surface area contributed by atoms with Gasteiger partial charge >= 0.3 is 0 Å². The van der Waals surface area contributed by atoms with Crippen molar-refractivity contribution < 1.29 is 0 Å². The van der Waals surface area contributed by atoms with E-state index in [1.807, 2.05) is 0 Å². The zero-order valence-corrected chi connectivity index (χ0v) is 44.4. The maximum atomic E-state index is 2.81. The summed E-state index contributed by atoms with van der Waals surface area (Å²) in [6.07, 6.45) is 49.2. The fourth-order valence-corrected chi connectivity index (χ4v) is 16.3. The Kier molecular flexibility index (Phi) is 27.1. The van der Waals surface area contributed by atoms with Crippen molar-refractivity contribution >= 4 is 23.6 Å². The first kappa shape index (κ1) is 54.0. The van der Waals surface area contributed by atoms with Crippen molar-refractivity contribution in [3.63, 3.8) is 0 Å². The third-order valence-electron chi connectivity index (χ3n) is 14.6. The molecule has 4 rings (SSSR count). The summed E-state index contributed by atoms with van der Waals surface area (Å²) in [5.74, 6) is 0. The lowest BCUT2D eigenvalue weighted by molar-refractivity contribution is 0.661. The highest BCUT2D eigenvalue weighted by Gasteiger charge is 2.46. The molecular weight excluding hydrogens is 785 g/mol. The van der Waals surface area contributed by atoms with Crippen LogP contribution < -0.4 is 15.6 Å². The predicted octanol–water partition coefficient (Wildman–Crippen LogP) is 17.9.